The third-order valence-corrected chi connectivity index (χ3v) is 4.14. The van der Waals surface area contributed by atoms with Gasteiger partial charge in [0, 0.05) is 38.9 Å². The van der Waals surface area contributed by atoms with E-state index in [2.05, 4.69) is 9.88 Å². The molecule has 1 aliphatic rings. The van der Waals surface area contributed by atoms with Crippen molar-refractivity contribution in [1.29, 1.82) is 0 Å². The maximum atomic E-state index is 13.6. The van der Waals surface area contributed by atoms with Crippen molar-refractivity contribution < 1.29 is 9.18 Å². The van der Waals surface area contributed by atoms with E-state index in [1.807, 2.05) is 23.1 Å². The van der Waals surface area contributed by atoms with Gasteiger partial charge in [0.1, 0.15) is 5.82 Å². The number of hydrogen-bond donors (Lipinski definition) is 0. The molecule has 2 heterocycles. The van der Waals surface area contributed by atoms with Crippen molar-refractivity contribution in [3.8, 4) is 0 Å². The van der Waals surface area contributed by atoms with E-state index in [4.69, 9.17) is 0 Å². The summed E-state index contributed by atoms with van der Waals surface area (Å²) >= 11 is 0. The highest BCUT2D eigenvalue weighted by atomic mass is 19.1. The lowest BCUT2D eigenvalue weighted by molar-refractivity contribution is -0.132. The van der Waals surface area contributed by atoms with Gasteiger partial charge in [0.25, 0.3) is 0 Å². The van der Waals surface area contributed by atoms with E-state index in [1.54, 1.807) is 24.4 Å². The van der Waals surface area contributed by atoms with Gasteiger partial charge in [-0.1, -0.05) is 24.3 Å². The average molecular weight is 313 g/mol. The van der Waals surface area contributed by atoms with Crippen LogP contribution in [0.1, 0.15) is 11.3 Å². The Labute approximate surface area is 135 Å². The highest BCUT2D eigenvalue weighted by Gasteiger charge is 2.22. The van der Waals surface area contributed by atoms with Crippen molar-refractivity contribution in [2.75, 3.05) is 26.2 Å². The predicted molar refractivity (Wildman–Crippen MR) is 86.2 cm³/mol. The van der Waals surface area contributed by atoms with Crippen molar-refractivity contribution >= 4 is 5.91 Å². The Kier molecular flexibility index (Phi) is 4.98. The number of nitrogens with zero attached hydrogens (tertiary/aromatic N) is 3. The molecule has 2 aromatic rings. The van der Waals surface area contributed by atoms with Gasteiger partial charge in [-0.15, -0.1) is 0 Å². The number of benzene rings is 1. The first-order valence-corrected chi connectivity index (χ1v) is 7.86. The maximum absolute atomic E-state index is 13.6. The zero-order chi connectivity index (χ0) is 16.1. The van der Waals surface area contributed by atoms with E-state index in [-0.39, 0.29) is 18.1 Å². The third kappa shape index (κ3) is 4.13. The van der Waals surface area contributed by atoms with Gasteiger partial charge in [0.2, 0.25) is 5.91 Å². The van der Waals surface area contributed by atoms with Crippen molar-refractivity contribution in [2.45, 2.75) is 13.0 Å². The summed E-state index contributed by atoms with van der Waals surface area (Å²) in [5, 5.41) is 0. The van der Waals surface area contributed by atoms with Crippen LogP contribution < -0.4 is 0 Å². The molecular weight excluding hydrogens is 293 g/mol. The van der Waals surface area contributed by atoms with Crippen molar-refractivity contribution in [2.24, 2.45) is 0 Å². The van der Waals surface area contributed by atoms with Gasteiger partial charge in [-0.05, 0) is 23.8 Å². The maximum Gasteiger partial charge on any atom is 0.227 e. The lowest BCUT2D eigenvalue weighted by Crippen LogP contribution is -2.48. The smallest absolute Gasteiger partial charge is 0.227 e. The lowest BCUT2D eigenvalue weighted by Gasteiger charge is -2.34. The molecule has 1 aromatic heterocycles. The second-order valence-electron chi connectivity index (χ2n) is 5.75. The number of halogens is 1. The first-order chi connectivity index (χ1) is 11.2. The topological polar surface area (TPSA) is 36.4 Å². The van der Waals surface area contributed by atoms with Gasteiger partial charge in [-0.25, -0.2) is 4.39 Å². The minimum atomic E-state index is -0.311. The minimum absolute atomic E-state index is 0.00686. The van der Waals surface area contributed by atoms with E-state index >= 15 is 0 Å². The Morgan fingerprint density at radius 1 is 1.04 bits per heavy atom. The largest absolute Gasteiger partial charge is 0.340 e. The lowest BCUT2D eigenvalue weighted by atomic mass is 10.1. The van der Waals surface area contributed by atoms with Crippen LogP contribution in [0.3, 0.4) is 0 Å². The van der Waals surface area contributed by atoms with Gasteiger partial charge < -0.3 is 4.90 Å². The van der Waals surface area contributed by atoms with E-state index in [0.29, 0.717) is 18.7 Å². The summed E-state index contributed by atoms with van der Waals surface area (Å²) in [5.74, 6) is -0.317. The zero-order valence-corrected chi connectivity index (χ0v) is 13.0. The summed E-state index contributed by atoms with van der Waals surface area (Å²) in [7, 11) is 0. The Balaban J connectivity index is 1.50. The molecular formula is C18H20FN3O. The molecule has 5 heteroatoms. The van der Waals surface area contributed by atoms with Crippen LogP contribution in [0.4, 0.5) is 4.39 Å². The van der Waals surface area contributed by atoms with Gasteiger partial charge in [0.05, 0.1) is 12.1 Å². The molecule has 0 N–H and O–H groups in total. The van der Waals surface area contributed by atoms with Crippen LogP contribution in [-0.2, 0) is 17.8 Å². The molecule has 1 fully saturated rings. The van der Waals surface area contributed by atoms with Crippen LogP contribution in [0, 0.1) is 5.82 Å². The van der Waals surface area contributed by atoms with Crippen molar-refractivity contribution in [3.63, 3.8) is 0 Å². The van der Waals surface area contributed by atoms with E-state index in [0.717, 1.165) is 25.3 Å². The second kappa shape index (κ2) is 7.33. The summed E-state index contributed by atoms with van der Waals surface area (Å²) in [4.78, 5) is 20.7. The molecule has 0 unspecified atom stereocenters. The molecule has 0 saturated carbocycles. The molecule has 1 saturated heterocycles. The standard InChI is InChI=1S/C18H20FN3O/c19-17-7-2-1-5-15(17)13-18(23)22-11-9-21(10-12-22)14-16-6-3-4-8-20-16/h1-8H,9-14H2. The molecule has 23 heavy (non-hydrogen) atoms. The summed E-state index contributed by atoms with van der Waals surface area (Å²) in [6, 6.07) is 12.4. The molecule has 0 spiro atoms. The van der Waals surface area contributed by atoms with Gasteiger partial charge in [-0.2, -0.15) is 0 Å². The van der Waals surface area contributed by atoms with Crippen LogP contribution in [-0.4, -0.2) is 46.9 Å². The molecule has 1 aromatic carbocycles. The average Bonchev–Trinajstić information content (AvgIpc) is 2.58. The Morgan fingerprint density at radius 3 is 2.48 bits per heavy atom. The fourth-order valence-electron chi connectivity index (χ4n) is 2.79. The molecule has 4 nitrogen and oxygen atoms in total. The number of amides is 1. The van der Waals surface area contributed by atoms with E-state index in [1.165, 1.54) is 6.07 Å². The van der Waals surface area contributed by atoms with Crippen LogP contribution in [0.15, 0.2) is 48.7 Å². The molecule has 0 radical (unpaired) electrons. The number of piperazine rings is 1. The normalized spacial score (nSPS) is 15.6. The summed E-state index contributed by atoms with van der Waals surface area (Å²) < 4.78 is 13.6. The van der Waals surface area contributed by atoms with E-state index in [9.17, 15) is 9.18 Å². The Morgan fingerprint density at radius 2 is 1.78 bits per heavy atom. The highest BCUT2D eigenvalue weighted by Crippen LogP contribution is 2.11. The zero-order valence-electron chi connectivity index (χ0n) is 13.0. The van der Waals surface area contributed by atoms with Crippen LogP contribution >= 0.6 is 0 Å². The highest BCUT2D eigenvalue weighted by molar-refractivity contribution is 5.79. The predicted octanol–water partition coefficient (Wildman–Crippen LogP) is 2.11. The van der Waals surface area contributed by atoms with Crippen LogP contribution in [0.2, 0.25) is 0 Å². The third-order valence-electron chi connectivity index (χ3n) is 4.14. The number of hydrogen-bond acceptors (Lipinski definition) is 3. The van der Waals surface area contributed by atoms with Gasteiger partial charge in [-0.3, -0.25) is 14.7 Å². The summed E-state index contributed by atoms with van der Waals surface area (Å²) in [6.07, 6.45) is 1.93. The molecule has 0 atom stereocenters. The number of aromatic nitrogens is 1. The Hall–Kier alpha value is -2.27. The monoisotopic (exact) mass is 313 g/mol. The molecule has 0 bridgehead atoms. The summed E-state index contributed by atoms with van der Waals surface area (Å²) in [5.41, 5.74) is 1.51. The minimum Gasteiger partial charge on any atom is -0.340 e. The first kappa shape index (κ1) is 15.6. The van der Waals surface area contributed by atoms with Crippen LogP contribution in [0.25, 0.3) is 0 Å². The second-order valence-corrected chi connectivity index (χ2v) is 5.75. The van der Waals surface area contributed by atoms with Gasteiger partial charge in [0.15, 0.2) is 0 Å². The summed E-state index contributed by atoms with van der Waals surface area (Å²) in [6.45, 7) is 3.80. The fourth-order valence-corrected chi connectivity index (χ4v) is 2.79. The number of pyridine rings is 1. The Bertz CT molecular complexity index is 654. The van der Waals surface area contributed by atoms with E-state index < -0.39 is 0 Å². The van der Waals surface area contributed by atoms with Gasteiger partial charge >= 0.3 is 0 Å². The SMILES string of the molecule is O=C(Cc1ccccc1F)N1CCN(Cc2ccccn2)CC1. The molecule has 1 aliphatic heterocycles. The first-order valence-electron chi connectivity index (χ1n) is 7.86. The van der Waals surface area contributed by atoms with Crippen molar-refractivity contribution in [3.05, 3.63) is 65.7 Å². The number of carbonyl (C=O) groups is 1. The molecule has 1 amide bonds. The van der Waals surface area contributed by atoms with Crippen molar-refractivity contribution in [1.82, 2.24) is 14.8 Å². The number of rotatable bonds is 4. The quantitative estimate of drug-likeness (QED) is 0.867. The van der Waals surface area contributed by atoms with Crippen LogP contribution in [0.5, 0.6) is 0 Å². The molecule has 3 rings (SSSR count). The molecule has 120 valence electrons. The molecule has 0 aliphatic carbocycles. The fraction of sp³-hybridized carbons (Fsp3) is 0.333. The number of carbonyl (C=O) groups excluding carboxylic acids is 1.